The summed E-state index contributed by atoms with van der Waals surface area (Å²) in [6, 6.07) is 10.8. The average Bonchev–Trinajstić information content (AvgIpc) is 3.21. The maximum absolute atomic E-state index is 14.8. The fourth-order valence-corrected chi connectivity index (χ4v) is 3.63. The minimum Gasteiger partial charge on any atom is -0.460 e. The fourth-order valence-electron chi connectivity index (χ4n) is 3.49. The first-order chi connectivity index (χ1) is 13.9. The van der Waals surface area contributed by atoms with Crippen LogP contribution in [0.3, 0.4) is 0 Å². The van der Waals surface area contributed by atoms with Gasteiger partial charge in [0.1, 0.15) is 23.3 Å². The highest BCUT2D eigenvalue weighted by molar-refractivity contribution is 6.30. The van der Waals surface area contributed by atoms with Crippen LogP contribution in [0.15, 0.2) is 53.6 Å². The summed E-state index contributed by atoms with van der Waals surface area (Å²) in [5.41, 5.74) is -0.570. The van der Waals surface area contributed by atoms with Gasteiger partial charge in [0.25, 0.3) is 0 Å². The zero-order valence-corrected chi connectivity index (χ0v) is 16.8. The van der Waals surface area contributed by atoms with E-state index in [0.717, 1.165) is 12.1 Å². The van der Waals surface area contributed by atoms with Crippen LogP contribution >= 0.6 is 11.6 Å². The molecule has 0 aromatic heterocycles. The van der Waals surface area contributed by atoms with Gasteiger partial charge in [-0.15, -0.1) is 0 Å². The molecule has 1 aliphatic carbocycles. The Morgan fingerprint density at radius 2 is 1.77 bits per heavy atom. The molecule has 0 bridgehead atoms. The van der Waals surface area contributed by atoms with E-state index < -0.39 is 58.2 Å². The van der Waals surface area contributed by atoms with Gasteiger partial charge in [-0.05, 0) is 29.0 Å². The van der Waals surface area contributed by atoms with Gasteiger partial charge in [-0.25, -0.2) is 8.78 Å². The predicted octanol–water partition coefficient (Wildman–Crippen LogP) is 6.63. The van der Waals surface area contributed by atoms with E-state index >= 15 is 0 Å². The van der Waals surface area contributed by atoms with Crippen molar-refractivity contribution in [2.24, 2.45) is 17.3 Å². The first kappa shape index (κ1) is 22.3. The molecule has 1 saturated carbocycles. The van der Waals surface area contributed by atoms with E-state index in [1.54, 1.807) is 44.2 Å². The van der Waals surface area contributed by atoms with Crippen molar-refractivity contribution >= 4 is 17.6 Å². The van der Waals surface area contributed by atoms with Crippen molar-refractivity contribution < 1.29 is 31.5 Å². The van der Waals surface area contributed by atoms with Crippen LogP contribution in [-0.2, 0) is 16.1 Å². The molecule has 8 heteroatoms. The SMILES string of the molecule is CC1(C)[C@H](C=C(Cl)C(F)(F)F)[C@@H]1C(=O)OCc1c(F)ccc(-c2ccccc2)c1F. The zero-order valence-electron chi connectivity index (χ0n) is 16.1. The Kier molecular flexibility index (Phi) is 5.96. The summed E-state index contributed by atoms with van der Waals surface area (Å²) < 4.78 is 72.0. The van der Waals surface area contributed by atoms with Crippen molar-refractivity contribution in [1.82, 2.24) is 0 Å². The van der Waals surface area contributed by atoms with Crippen LogP contribution in [0.5, 0.6) is 0 Å². The monoisotopic (exact) mass is 444 g/mol. The predicted molar refractivity (Wildman–Crippen MR) is 102 cm³/mol. The molecule has 2 atom stereocenters. The highest BCUT2D eigenvalue weighted by Gasteiger charge is 2.62. The number of alkyl halides is 3. The van der Waals surface area contributed by atoms with Gasteiger partial charge < -0.3 is 4.74 Å². The topological polar surface area (TPSA) is 26.3 Å². The third kappa shape index (κ3) is 4.36. The van der Waals surface area contributed by atoms with Crippen LogP contribution in [0, 0.1) is 28.9 Å². The molecule has 0 spiro atoms. The number of hydrogen-bond donors (Lipinski definition) is 0. The average molecular weight is 445 g/mol. The van der Waals surface area contributed by atoms with Crippen LogP contribution in [-0.4, -0.2) is 12.1 Å². The second kappa shape index (κ2) is 8.02. The molecular formula is C22H18ClF5O2. The maximum atomic E-state index is 14.8. The molecule has 2 nitrogen and oxygen atoms in total. The van der Waals surface area contributed by atoms with Gasteiger partial charge in [0, 0.05) is 5.56 Å². The molecule has 0 radical (unpaired) electrons. The number of carbonyl (C=O) groups excluding carboxylic acids is 1. The van der Waals surface area contributed by atoms with Crippen LogP contribution in [0.4, 0.5) is 22.0 Å². The maximum Gasteiger partial charge on any atom is 0.426 e. The highest BCUT2D eigenvalue weighted by atomic mass is 35.5. The second-order valence-corrected chi connectivity index (χ2v) is 8.11. The molecule has 3 rings (SSSR count). The molecule has 160 valence electrons. The van der Waals surface area contributed by atoms with Gasteiger partial charge >= 0.3 is 12.1 Å². The van der Waals surface area contributed by atoms with Gasteiger partial charge in [0.05, 0.1) is 11.5 Å². The minimum atomic E-state index is -4.71. The Hall–Kier alpha value is -2.41. The Bertz CT molecular complexity index is 983. The molecule has 0 heterocycles. The van der Waals surface area contributed by atoms with Crippen molar-refractivity contribution in [2.45, 2.75) is 26.6 Å². The minimum absolute atomic E-state index is 0.146. The Morgan fingerprint density at radius 3 is 2.37 bits per heavy atom. The molecular weight excluding hydrogens is 427 g/mol. The van der Waals surface area contributed by atoms with Gasteiger partial charge in [-0.2, -0.15) is 13.2 Å². The molecule has 1 fully saturated rings. The molecule has 1 aliphatic rings. The Labute approximate surface area is 175 Å². The van der Waals surface area contributed by atoms with Crippen molar-refractivity contribution in [3.8, 4) is 11.1 Å². The van der Waals surface area contributed by atoms with Gasteiger partial charge in [0.2, 0.25) is 0 Å². The molecule has 0 unspecified atom stereocenters. The Balaban J connectivity index is 1.76. The number of allylic oxidation sites excluding steroid dienone is 2. The number of halogens is 6. The number of benzene rings is 2. The zero-order chi connectivity index (χ0) is 22.3. The first-order valence-corrected chi connectivity index (χ1v) is 9.46. The summed E-state index contributed by atoms with van der Waals surface area (Å²) >= 11 is 5.26. The van der Waals surface area contributed by atoms with Crippen LogP contribution in [0.25, 0.3) is 11.1 Å². The summed E-state index contributed by atoms with van der Waals surface area (Å²) in [7, 11) is 0. The third-order valence-electron chi connectivity index (χ3n) is 5.39. The van der Waals surface area contributed by atoms with Gasteiger partial charge in [0.15, 0.2) is 0 Å². The fraction of sp³-hybridized carbons (Fsp3) is 0.318. The van der Waals surface area contributed by atoms with Crippen molar-refractivity contribution in [3.63, 3.8) is 0 Å². The number of carbonyl (C=O) groups is 1. The smallest absolute Gasteiger partial charge is 0.426 e. The van der Waals surface area contributed by atoms with E-state index in [-0.39, 0.29) is 5.56 Å². The number of esters is 1. The molecule has 0 aliphatic heterocycles. The molecule has 2 aromatic carbocycles. The van der Waals surface area contributed by atoms with Crippen molar-refractivity contribution in [3.05, 3.63) is 70.8 Å². The first-order valence-electron chi connectivity index (χ1n) is 9.08. The van der Waals surface area contributed by atoms with E-state index in [1.165, 1.54) is 6.07 Å². The van der Waals surface area contributed by atoms with Gasteiger partial charge in [-0.1, -0.05) is 61.9 Å². The van der Waals surface area contributed by atoms with Crippen LogP contribution in [0.1, 0.15) is 19.4 Å². The quantitative estimate of drug-likeness (QED) is 0.382. The van der Waals surface area contributed by atoms with E-state index in [2.05, 4.69) is 0 Å². The molecule has 0 amide bonds. The Morgan fingerprint density at radius 1 is 1.13 bits per heavy atom. The van der Waals surface area contributed by atoms with Crippen molar-refractivity contribution in [1.29, 1.82) is 0 Å². The molecule has 0 saturated heterocycles. The van der Waals surface area contributed by atoms with Crippen LogP contribution < -0.4 is 0 Å². The lowest BCUT2D eigenvalue weighted by Gasteiger charge is -2.11. The summed E-state index contributed by atoms with van der Waals surface area (Å²) in [5, 5.41) is -1.32. The van der Waals surface area contributed by atoms with Gasteiger partial charge in [-0.3, -0.25) is 4.79 Å². The molecule has 2 aromatic rings. The standard InChI is InChI=1S/C22H18ClF5O2/c1-21(2)15(10-17(23)22(26,27)28)18(21)20(29)30-11-14-16(24)9-8-13(19(14)25)12-6-4-3-5-7-12/h3-10,15,18H,11H2,1-2H3/t15-,18-/m1/s1. The van der Waals surface area contributed by atoms with Crippen molar-refractivity contribution in [2.75, 3.05) is 0 Å². The lowest BCUT2D eigenvalue weighted by molar-refractivity contribution is -0.147. The summed E-state index contributed by atoms with van der Waals surface area (Å²) in [5.74, 6) is -4.26. The lowest BCUT2D eigenvalue weighted by atomic mass is 10.0. The van der Waals surface area contributed by atoms with E-state index in [4.69, 9.17) is 16.3 Å². The largest absolute Gasteiger partial charge is 0.460 e. The van der Waals surface area contributed by atoms with E-state index in [0.29, 0.717) is 5.56 Å². The number of rotatable bonds is 5. The molecule has 30 heavy (non-hydrogen) atoms. The van der Waals surface area contributed by atoms with E-state index in [9.17, 15) is 26.7 Å². The lowest BCUT2D eigenvalue weighted by Crippen LogP contribution is -2.12. The molecule has 0 N–H and O–H groups in total. The summed E-state index contributed by atoms with van der Waals surface area (Å²) in [4.78, 5) is 12.4. The summed E-state index contributed by atoms with van der Waals surface area (Å²) in [6.45, 7) is 2.52. The third-order valence-corrected chi connectivity index (χ3v) is 5.73. The second-order valence-electron chi connectivity index (χ2n) is 7.70. The van der Waals surface area contributed by atoms with E-state index in [1.807, 2.05) is 0 Å². The van der Waals surface area contributed by atoms with Crippen LogP contribution in [0.2, 0.25) is 0 Å². The normalized spacial score (nSPS) is 20.7. The number of ether oxygens (including phenoxy) is 1. The summed E-state index contributed by atoms with van der Waals surface area (Å²) in [6.07, 6.45) is -3.93. The number of hydrogen-bond acceptors (Lipinski definition) is 2. The highest BCUT2D eigenvalue weighted by Crippen LogP contribution is 2.60.